The molecule has 8 N–H and O–H groups in total. The van der Waals surface area contributed by atoms with Crippen molar-refractivity contribution in [3.63, 3.8) is 0 Å². The Hall–Kier alpha value is -1.16. The van der Waals surface area contributed by atoms with Crippen molar-refractivity contribution in [2.75, 3.05) is 11.5 Å². The Balaban J connectivity index is 3.33. The molecule has 0 radical (unpaired) electrons. The first kappa shape index (κ1) is 12.9. The number of hydrogen-bond donors (Lipinski definition) is 4. The average Bonchev–Trinajstić information content (AvgIpc) is 2.24. The van der Waals surface area contributed by atoms with E-state index < -0.39 is 12.1 Å². The van der Waals surface area contributed by atoms with Gasteiger partial charge in [-0.2, -0.15) is 0 Å². The van der Waals surface area contributed by atoms with Crippen LogP contribution in [0.3, 0.4) is 0 Å². The molecule has 0 aromatic heterocycles. The number of anilines is 2. The minimum atomic E-state index is -0.769. The Morgan fingerprint density at radius 2 is 1.94 bits per heavy atom. The maximum absolute atomic E-state index is 10.6. The zero-order valence-electron chi connectivity index (χ0n) is 9.10. The lowest BCUT2D eigenvalue weighted by Crippen LogP contribution is -2.37. The summed E-state index contributed by atoms with van der Waals surface area (Å²) in [5.74, 6) is 0. The standard InChI is InChI=1S/C10H17N4OP/c1-4-2-5(11)10(16)9(14)7(4)8(13)6(12)3-15/h2-3,6,8H,11-14,16H2,1H3. The highest BCUT2D eigenvalue weighted by Gasteiger charge is 2.21. The van der Waals surface area contributed by atoms with Crippen LogP contribution in [0.1, 0.15) is 17.2 Å². The van der Waals surface area contributed by atoms with E-state index in [9.17, 15) is 4.79 Å². The molecule has 5 nitrogen and oxygen atoms in total. The molecule has 0 aliphatic heterocycles. The van der Waals surface area contributed by atoms with Gasteiger partial charge in [-0.3, -0.25) is 0 Å². The minimum Gasteiger partial charge on any atom is -0.398 e. The van der Waals surface area contributed by atoms with E-state index in [2.05, 4.69) is 9.24 Å². The van der Waals surface area contributed by atoms with Crippen LogP contribution < -0.4 is 28.2 Å². The topological polar surface area (TPSA) is 121 Å². The first-order chi connectivity index (χ1) is 7.40. The molecule has 3 atom stereocenters. The van der Waals surface area contributed by atoms with Crippen LogP contribution >= 0.6 is 9.24 Å². The van der Waals surface area contributed by atoms with Gasteiger partial charge in [0.2, 0.25) is 0 Å². The van der Waals surface area contributed by atoms with Crippen LogP contribution in [-0.4, -0.2) is 12.3 Å². The van der Waals surface area contributed by atoms with Crippen molar-refractivity contribution in [1.29, 1.82) is 0 Å². The van der Waals surface area contributed by atoms with Crippen molar-refractivity contribution >= 4 is 32.2 Å². The Morgan fingerprint density at radius 3 is 2.44 bits per heavy atom. The molecule has 0 saturated heterocycles. The molecule has 1 rings (SSSR count). The number of benzene rings is 1. The summed E-state index contributed by atoms with van der Waals surface area (Å²) < 4.78 is 0. The molecule has 88 valence electrons. The Morgan fingerprint density at radius 1 is 1.38 bits per heavy atom. The van der Waals surface area contributed by atoms with Gasteiger partial charge in [-0.15, -0.1) is 9.24 Å². The highest BCUT2D eigenvalue weighted by molar-refractivity contribution is 7.28. The minimum absolute atomic E-state index is 0.479. The third kappa shape index (κ3) is 2.16. The Kier molecular flexibility index (Phi) is 3.86. The van der Waals surface area contributed by atoms with Crippen molar-refractivity contribution in [3.8, 4) is 0 Å². The Bertz CT molecular complexity index is 422. The molecule has 3 unspecified atom stereocenters. The first-order valence-electron chi connectivity index (χ1n) is 4.80. The molecule has 6 heteroatoms. The lowest BCUT2D eigenvalue weighted by atomic mass is 9.95. The number of hydrogen-bond acceptors (Lipinski definition) is 5. The molecular weight excluding hydrogens is 223 g/mol. The van der Waals surface area contributed by atoms with E-state index in [1.807, 2.05) is 6.92 Å². The predicted molar refractivity (Wildman–Crippen MR) is 70.3 cm³/mol. The maximum Gasteiger partial charge on any atom is 0.138 e. The first-order valence-corrected chi connectivity index (χ1v) is 5.38. The van der Waals surface area contributed by atoms with Crippen LogP contribution in [0.15, 0.2) is 6.07 Å². The van der Waals surface area contributed by atoms with E-state index >= 15 is 0 Å². The van der Waals surface area contributed by atoms with Crippen LogP contribution in [0.4, 0.5) is 11.4 Å². The van der Waals surface area contributed by atoms with E-state index in [0.29, 0.717) is 28.5 Å². The summed E-state index contributed by atoms with van der Waals surface area (Å²) in [6.07, 6.45) is 0.613. The summed E-state index contributed by atoms with van der Waals surface area (Å²) in [6.45, 7) is 1.84. The fourth-order valence-electron chi connectivity index (χ4n) is 1.62. The number of rotatable bonds is 3. The van der Waals surface area contributed by atoms with E-state index in [1.165, 1.54) is 0 Å². The molecule has 0 saturated carbocycles. The van der Waals surface area contributed by atoms with Gasteiger partial charge in [0, 0.05) is 16.7 Å². The normalized spacial score (nSPS) is 14.5. The summed E-state index contributed by atoms with van der Waals surface area (Å²) in [6, 6.07) is 0.386. The van der Waals surface area contributed by atoms with Crippen LogP contribution in [0.5, 0.6) is 0 Å². The fraction of sp³-hybridized carbons (Fsp3) is 0.300. The van der Waals surface area contributed by atoms with E-state index in [1.54, 1.807) is 6.07 Å². The van der Waals surface area contributed by atoms with Gasteiger partial charge in [0.15, 0.2) is 0 Å². The molecular formula is C10H17N4OP. The van der Waals surface area contributed by atoms with Gasteiger partial charge in [-0.05, 0) is 24.1 Å². The van der Waals surface area contributed by atoms with E-state index in [4.69, 9.17) is 22.9 Å². The van der Waals surface area contributed by atoms with E-state index in [-0.39, 0.29) is 0 Å². The smallest absolute Gasteiger partial charge is 0.138 e. The number of nitrogens with two attached hydrogens (primary N) is 4. The van der Waals surface area contributed by atoms with Gasteiger partial charge in [-0.25, -0.2) is 0 Å². The van der Waals surface area contributed by atoms with E-state index in [0.717, 1.165) is 5.56 Å². The molecule has 1 aromatic carbocycles. The third-order valence-electron chi connectivity index (χ3n) is 2.59. The molecule has 0 aliphatic rings. The van der Waals surface area contributed by atoms with Crippen molar-refractivity contribution in [3.05, 3.63) is 17.2 Å². The van der Waals surface area contributed by atoms with Gasteiger partial charge in [-0.1, -0.05) is 0 Å². The van der Waals surface area contributed by atoms with Crippen LogP contribution in [0, 0.1) is 6.92 Å². The summed E-state index contributed by atoms with van der Waals surface area (Å²) in [4.78, 5) is 10.6. The van der Waals surface area contributed by atoms with Crippen molar-refractivity contribution in [2.24, 2.45) is 11.5 Å². The van der Waals surface area contributed by atoms with Crippen molar-refractivity contribution in [2.45, 2.75) is 19.0 Å². The van der Waals surface area contributed by atoms with Crippen molar-refractivity contribution in [1.82, 2.24) is 0 Å². The van der Waals surface area contributed by atoms with Gasteiger partial charge in [0.25, 0.3) is 0 Å². The molecule has 0 bridgehead atoms. The van der Waals surface area contributed by atoms with Gasteiger partial charge in [0.05, 0.1) is 12.1 Å². The third-order valence-corrected chi connectivity index (χ3v) is 3.24. The summed E-state index contributed by atoms with van der Waals surface area (Å²) in [7, 11) is 2.46. The highest BCUT2D eigenvalue weighted by atomic mass is 31.0. The van der Waals surface area contributed by atoms with Crippen molar-refractivity contribution < 1.29 is 4.79 Å². The largest absolute Gasteiger partial charge is 0.398 e. The van der Waals surface area contributed by atoms with Gasteiger partial charge in [0.1, 0.15) is 6.29 Å². The molecule has 0 spiro atoms. The number of aldehydes is 1. The van der Waals surface area contributed by atoms with Crippen LogP contribution in [-0.2, 0) is 4.79 Å². The highest BCUT2D eigenvalue weighted by Crippen LogP contribution is 2.26. The molecule has 16 heavy (non-hydrogen) atoms. The summed E-state index contributed by atoms with van der Waals surface area (Å²) >= 11 is 0. The monoisotopic (exact) mass is 240 g/mol. The molecule has 0 aliphatic carbocycles. The van der Waals surface area contributed by atoms with Gasteiger partial charge >= 0.3 is 0 Å². The molecule has 0 amide bonds. The number of nitrogen functional groups attached to an aromatic ring is 2. The van der Waals surface area contributed by atoms with Crippen LogP contribution in [0.2, 0.25) is 0 Å². The number of carbonyl (C=O) groups is 1. The Labute approximate surface area is 96.7 Å². The second-order valence-corrected chi connectivity index (χ2v) is 4.34. The van der Waals surface area contributed by atoms with Gasteiger partial charge < -0.3 is 27.7 Å². The summed E-state index contributed by atoms with van der Waals surface area (Å²) in [5.41, 5.74) is 25.7. The summed E-state index contributed by atoms with van der Waals surface area (Å²) in [5, 5.41) is 0.689. The quantitative estimate of drug-likeness (QED) is 0.312. The lowest BCUT2D eigenvalue weighted by Gasteiger charge is -2.21. The fourth-order valence-corrected chi connectivity index (χ4v) is 1.86. The SMILES string of the molecule is Cc1cc(N)c(P)c(N)c1C(N)C(N)C=O. The average molecular weight is 240 g/mol. The maximum atomic E-state index is 10.6. The lowest BCUT2D eigenvalue weighted by molar-refractivity contribution is -0.109. The zero-order valence-corrected chi connectivity index (χ0v) is 10.3. The number of aryl methyl sites for hydroxylation is 1. The second kappa shape index (κ2) is 4.78. The second-order valence-electron chi connectivity index (χ2n) is 3.76. The zero-order chi connectivity index (χ0) is 12.5. The molecule has 1 aromatic rings. The predicted octanol–water partition coefficient (Wildman–Crippen LogP) is -0.814. The number of carbonyl (C=O) groups excluding carboxylic acids is 1. The van der Waals surface area contributed by atoms with Crippen LogP contribution in [0.25, 0.3) is 0 Å². The molecule has 0 heterocycles. The molecule has 0 fully saturated rings.